The van der Waals surface area contributed by atoms with Crippen molar-refractivity contribution in [2.45, 2.75) is 31.2 Å². The van der Waals surface area contributed by atoms with Gasteiger partial charge in [0.1, 0.15) is 12.7 Å². The first kappa shape index (κ1) is 16.2. The lowest BCUT2D eigenvalue weighted by Gasteiger charge is -2.29. The molecule has 0 spiro atoms. The minimum atomic E-state index is -2.64. The minimum Gasteiger partial charge on any atom is -0.447 e. The van der Waals surface area contributed by atoms with E-state index in [1.54, 1.807) is 0 Å². The first-order chi connectivity index (χ1) is 10.4. The van der Waals surface area contributed by atoms with Crippen molar-refractivity contribution in [3.63, 3.8) is 0 Å². The molecule has 1 aliphatic heterocycles. The van der Waals surface area contributed by atoms with Crippen LogP contribution in [0, 0.1) is 0 Å². The van der Waals surface area contributed by atoms with E-state index in [1.807, 2.05) is 30.3 Å². The summed E-state index contributed by atoms with van der Waals surface area (Å²) in [6, 6.07) is 8.60. The van der Waals surface area contributed by atoms with Gasteiger partial charge in [0.15, 0.2) is 0 Å². The largest absolute Gasteiger partial charge is 0.447 e. The molecule has 0 aromatic heterocycles. The second-order valence-corrected chi connectivity index (χ2v) is 5.35. The molecule has 0 radical (unpaired) electrons. The van der Waals surface area contributed by atoms with Gasteiger partial charge in [0.2, 0.25) is 5.67 Å². The third-order valence-corrected chi connectivity index (χ3v) is 3.69. The van der Waals surface area contributed by atoms with Crippen molar-refractivity contribution in [3.05, 3.63) is 48.6 Å². The molecular formula is C16H18FNO4. The van der Waals surface area contributed by atoms with Gasteiger partial charge in [-0.1, -0.05) is 36.4 Å². The average Bonchev–Trinajstić information content (AvgIpc) is 2.87. The van der Waals surface area contributed by atoms with E-state index in [2.05, 4.69) is 6.58 Å². The quantitative estimate of drug-likeness (QED) is 0.843. The summed E-state index contributed by atoms with van der Waals surface area (Å²) in [5.74, 6) is -1.12. The van der Waals surface area contributed by atoms with Crippen molar-refractivity contribution in [1.82, 2.24) is 4.90 Å². The van der Waals surface area contributed by atoms with Gasteiger partial charge >= 0.3 is 6.09 Å². The number of carbonyl (C=O) groups is 2. The second-order valence-electron chi connectivity index (χ2n) is 5.35. The monoisotopic (exact) mass is 307 g/mol. The van der Waals surface area contributed by atoms with E-state index in [-0.39, 0.29) is 6.61 Å². The highest BCUT2D eigenvalue weighted by molar-refractivity contribution is 5.98. The maximum absolute atomic E-state index is 14.5. The molecule has 5 nitrogen and oxygen atoms in total. The number of imide groups is 1. The Morgan fingerprint density at radius 2 is 2.23 bits per heavy atom. The molecule has 0 unspecified atom stereocenters. The van der Waals surface area contributed by atoms with Gasteiger partial charge in [-0.25, -0.2) is 14.1 Å². The van der Waals surface area contributed by atoms with Crippen molar-refractivity contribution in [3.8, 4) is 0 Å². The van der Waals surface area contributed by atoms with Crippen LogP contribution in [0.3, 0.4) is 0 Å². The molecule has 118 valence electrons. The number of aliphatic hydroxyl groups is 1. The predicted molar refractivity (Wildman–Crippen MR) is 77.8 cm³/mol. The number of hydrogen-bond donors (Lipinski definition) is 1. The summed E-state index contributed by atoms with van der Waals surface area (Å²) in [5, 5.41) is 9.59. The number of hydrogen-bond acceptors (Lipinski definition) is 4. The number of rotatable bonds is 5. The highest BCUT2D eigenvalue weighted by atomic mass is 19.1. The van der Waals surface area contributed by atoms with Crippen LogP contribution in [0.1, 0.15) is 12.5 Å². The van der Waals surface area contributed by atoms with Crippen molar-refractivity contribution in [1.29, 1.82) is 0 Å². The zero-order valence-electron chi connectivity index (χ0n) is 12.2. The molecule has 0 aliphatic carbocycles. The van der Waals surface area contributed by atoms with E-state index in [4.69, 9.17) is 4.74 Å². The summed E-state index contributed by atoms with van der Waals surface area (Å²) in [6.45, 7) is 4.19. The summed E-state index contributed by atoms with van der Waals surface area (Å²) in [7, 11) is 0. The van der Waals surface area contributed by atoms with Crippen LogP contribution < -0.4 is 0 Å². The Balaban J connectivity index is 2.21. The molecule has 1 aromatic carbocycles. The standard InChI is InChI=1S/C16H18FNO4/c1-3-13(19)16(2,17)14(20)18-12(10-22-15(18)21)9-11-7-5-4-6-8-11/h3-8,12-13,19H,1,9-10H2,2H3/t12-,13-,16-/m1/s1. The molecule has 1 saturated heterocycles. The zero-order valence-corrected chi connectivity index (χ0v) is 12.2. The second kappa shape index (κ2) is 6.27. The summed E-state index contributed by atoms with van der Waals surface area (Å²) in [5.41, 5.74) is -1.74. The number of aliphatic hydroxyl groups excluding tert-OH is 1. The molecular weight excluding hydrogens is 289 g/mol. The van der Waals surface area contributed by atoms with Crippen LogP contribution in [-0.4, -0.2) is 46.4 Å². The summed E-state index contributed by atoms with van der Waals surface area (Å²) >= 11 is 0. The molecule has 22 heavy (non-hydrogen) atoms. The number of halogens is 1. The Bertz CT molecular complexity index is 573. The predicted octanol–water partition coefficient (Wildman–Crippen LogP) is 1.85. The van der Waals surface area contributed by atoms with E-state index in [9.17, 15) is 19.1 Å². The van der Waals surface area contributed by atoms with Crippen LogP contribution in [-0.2, 0) is 16.0 Å². The molecule has 2 rings (SSSR count). The van der Waals surface area contributed by atoms with Gasteiger partial charge < -0.3 is 9.84 Å². The first-order valence-electron chi connectivity index (χ1n) is 6.91. The van der Waals surface area contributed by atoms with Crippen molar-refractivity contribution >= 4 is 12.0 Å². The lowest BCUT2D eigenvalue weighted by atomic mass is 9.97. The normalized spacial score (nSPS) is 21.9. The lowest BCUT2D eigenvalue weighted by Crippen LogP contribution is -2.53. The number of ether oxygens (including phenoxy) is 1. The highest BCUT2D eigenvalue weighted by Gasteiger charge is 2.49. The maximum Gasteiger partial charge on any atom is 0.417 e. The third-order valence-electron chi connectivity index (χ3n) is 3.69. The first-order valence-corrected chi connectivity index (χ1v) is 6.91. The van der Waals surface area contributed by atoms with Gasteiger partial charge in [-0.05, 0) is 18.9 Å². The van der Waals surface area contributed by atoms with Crippen molar-refractivity contribution < 1.29 is 23.8 Å². The van der Waals surface area contributed by atoms with Crippen molar-refractivity contribution in [2.75, 3.05) is 6.61 Å². The van der Waals surface area contributed by atoms with Crippen LogP contribution >= 0.6 is 0 Å². The summed E-state index contributed by atoms with van der Waals surface area (Å²) in [6.07, 6.45) is -1.32. The van der Waals surface area contributed by atoms with Crippen LogP contribution in [0.5, 0.6) is 0 Å². The maximum atomic E-state index is 14.5. The molecule has 1 fully saturated rings. The molecule has 1 N–H and O–H groups in total. The summed E-state index contributed by atoms with van der Waals surface area (Å²) < 4.78 is 19.4. The molecule has 1 aliphatic rings. The van der Waals surface area contributed by atoms with Crippen LogP contribution in [0.2, 0.25) is 0 Å². The van der Waals surface area contributed by atoms with Crippen LogP contribution in [0.4, 0.5) is 9.18 Å². The van der Waals surface area contributed by atoms with Gasteiger partial charge in [0.05, 0.1) is 6.04 Å². The Hall–Kier alpha value is -2.21. The van der Waals surface area contributed by atoms with E-state index >= 15 is 0 Å². The molecule has 1 aromatic rings. The summed E-state index contributed by atoms with van der Waals surface area (Å²) in [4.78, 5) is 24.9. The smallest absolute Gasteiger partial charge is 0.417 e. The SMILES string of the molecule is C=C[C@@H](O)[C@@](C)(F)C(=O)N1C(=O)OC[C@H]1Cc1ccccc1. The van der Waals surface area contributed by atoms with Gasteiger partial charge in [0.25, 0.3) is 5.91 Å². The number of carbonyl (C=O) groups excluding carboxylic acids is 2. The zero-order chi connectivity index (χ0) is 16.3. The molecule has 0 saturated carbocycles. The number of benzene rings is 1. The topological polar surface area (TPSA) is 66.8 Å². The minimum absolute atomic E-state index is 0.000266. The Morgan fingerprint density at radius 3 is 2.82 bits per heavy atom. The Morgan fingerprint density at radius 1 is 1.59 bits per heavy atom. The van der Waals surface area contributed by atoms with Gasteiger partial charge in [-0.15, -0.1) is 6.58 Å². The average molecular weight is 307 g/mol. The molecule has 2 amide bonds. The van der Waals surface area contributed by atoms with Crippen LogP contribution in [0.15, 0.2) is 43.0 Å². The van der Waals surface area contributed by atoms with E-state index < -0.39 is 29.8 Å². The number of alkyl halides is 1. The van der Waals surface area contributed by atoms with Crippen LogP contribution in [0.25, 0.3) is 0 Å². The molecule has 1 heterocycles. The number of cyclic esters (lactones) is 1. The number of nitrogens with zero attached hydrogens (tertiary/aromatic N) is 1. The Labute approximate surface area is 128 Å². The molecule has 3 atom stereocenters. The van der Waals surface area contributed by atoms with Gasteiger partial charge in [-0.2, -0.15) is 0 Å². The van der Waals surface area contributed by atoms with E-state index in [0.29, 0.717) is 6.42 Å². The fourth-order valence-corrected chi connectivity index (χ4v) is 2.33. The fourth-order valence-electron chi connectivity index (χ4n) is 2.33. The lowest BCUT2D eigenvalue weighted by molar-refractivity contribution is -0.146. The number of amides is 2. The Kier molecular flexibility index (Phi) is 4.61. The molecule has 6 heteroatoms. The van der Waals surface area contributed by atoms with E-state index in [1.165, 1.54) is 0 Å². The van der Waals surface area contributed by atoms with Crippen molar-refractivity contribution in [2.24, 2.45) is 0 Å². The third kappa shape index (κ3) is 3.01. The highest BCUT2D eigenvalue weighted by Crippen LogP contribution is 2.26. The fraction of sp³-hybridized carbons (Fsp3) is 0.375. The molecule has 0 bridgehead atoms. The van der Waals surface area contributed by atoms with Gasteiger partial charge in [-0.3, -0.25) is 4.79 Å². The van der Waals surface area contributed by atoms with E-state index in [0.717, 1.165) is 23.5 Å². The van der Waals surface area contributed by atoms with Gasteiger partial charge in [0, 0.05) is 0 Å².